The zero-order valence-electron chi connectivity index (χ0n) is 16.4. The van der Waals surface area contributed by atoms with Gasteiger partial charge in [-0.05, 0) is 50.8 Å². The third kappa shape index (κ3) is 3.94. The number of carbonyl (C=O) groups is 1. The lowest BCUT2D eigenvalue weighted by Gasteiger charge is -2.21. The summed E-state index contributed by atoms with van der Waals surface area (Å²) in [5, 5.41) is 1.30. The van der Waals surface area contributed by atoms with Crippen molar-refractivity contribution in [3.05, 3.63) is 58.9 Å². The minimum absolute atomic E-state index is 0.215. The number of aryl methyl sites for hydroxylation is 1. The lowest BCUT2D eigenvalue weighted by molar-refractivity contribution is 0.0980. The highest BCUT2D eigenvalue weighted by molar-refractivity contribution is 7.22. The molecule has 0 aliphatic heterocycles. The normalized spacial score (nSPS) is 11.5. The molecule has 2 aromatic heterocycles. The van der Waals surface area contributed by atoms with Crippen molar-refractivity contribution in [3.8, 4) is 0 Å². The van der Waals surface area contributed by atoms with Crippen LogP contribution < -0.4 is 4.90 Å². The van der Waals surface area contributed by atoms with E-state index in [9.17, 15) is 4.79 Å². The van der Waals surface area contributed by atoms with E-state index in [1.54, 1.807) is 4.90 Å². The van der Waals surface area contributed by atoms with Gasteiger partial charge in [0.05, 0.1) is 27.4 Å². The van der Waals surface area contributed by atoms with E-state index in [-0.39, 0.29) is 5.91 Å². The second-order valence-corrected chi connectivity index (χ2v) is 8.44. The molecule has 148 valence electrons. The van der Waals surface area contributed by atoms with E-state index in [2.05, 4.69) is 9.97 Å². The van der Waals surface area contributed by atoms with Gasteiger partial charge in [-0.25, -0.2) is 9.97 Å². The van der Waals surface area contributed by atoms with Crippen LogP contribution >= 0.6 is 22.9 Å². The Hall–Kier alpha value is -2.61. The fraction of sp³-hybridized carbons (Fsp3) is 0.238. The Morgan fingerprint density at radius 2 is 1.83 bits per heavy atom. The smallest absolute Gasteiger partial charge is 0.280 e. The first-order valence-corrected chi connectivity index (χ1v) is 10.4. The van der Waals surface area contributed by atoms with Crippen LogP contribution in [0.2, 0.25) is 5.02 Å². The molecule has 0 spiro atoms. The third-order valence-electron chi connectivity index (χ3n) is 4.65. The van der Waals surface area contributed by atoms with Crippen LogP contribution in [0.4, 0.5) is 5.13 Å². The molecule has 0 bridgehead atoms. The van der Waals surface area contributed by atoms with Gasteiger partial charge in [-0.2, -0.15) is 0 Å². The van der Waals surface area contributed by atoms with Crippen LogP contribution in [0.1, 0.15) is 16.1 Å². The SMILES string of the molecule is Cc1c(Cl)ccc2sc(N(CCN(C)C)C(=O)c3cnc4ccccc4n3)nc12. The number of halogens is 1. The number of rotatable bonds is 5. The van der Waals surface area contributed by atoms with Gasteiger partial charge < -0.3 is 4.90 Å². The Balaban J connectivity index is 1.76. The van der Waals surface area contributed by atoms with Crippen LogP contribution in [0, 0.1) is 6.92 Å². The summed E-state index contributed by atoms with van der Waals surface area (Å²) in [5.41, 5.74) is 3.49. The van der Waals surface area contributed by atoms with Gasteiger partial charge in [0.1, 0.15) is 5.69 Å². The number of amides is 1. The molecular formula is C21H20ClN5OS. The summed E-state index contributed by atoms with van der Waals surface area (Å²) < 4.78 is 0.995. The maximum atomic E-state index is 13.4. The first-order valence-electron chi connectivity index (χ1n) is 9.18. The molecule has 1 amide bonds. The molecule has 0 aliphatic carbocycles. The number of thiazole rings is 1. The van der Waals surface area contributed by atoms with E-state index in [0.717, 1.165) is 21.3 Å². The fourth-order valence-electron chi connectivity index (χ4n) is 2.99. The largest absolute Gasteiger partial charge is 0.308 e. The quantitative estimate of drug-likeness (QED) is 0.474. The van der Waals surface area contributed by atoms with E-state index >= 15 is 0 Å². The van der Waals surface area contributed by atoms with Crippen molar-refractivity contribution in [1.82, 2.24) is 19.9 Å². The maximum Gasteiger partial charge on any atom is 0.280 e. The van der Waals surface area contributed by atoms with E-state index in [1.165, 1.54) is 17.5 Å². The zero-order valence-corrected chi connectivity index (χ0v) is 18.0. The molecule has 0 fully saturated rings. The second kappa shape index (κ2) is 8.02. The van der Waals surface area contributed by atoms with Gasteiger partial charge in [0, 0.05) is 18.1 Å². The van der Waals surface area contributed by atoms with Gasteiger partial charge >= 0.3 is 0 Å². The minimum Gasteiger partial charge on any atom is -0.308 e. The van der Waals surface area contributed by atoms with Crippen LogP contribution in [0.3, 0.4) is 0 Å². The predicted octanol–water partition coefficient (Wildman–Crippen LogP) is 4.41. The van der Waals surface area contributed by atoms with E-state index in [4.69, 9.17) is 16.6 Å². The zero-order chi connectivity index (χ0) is 20.5. The highest BCUT2D eigenvalue weighted by Gasteiger charge is 2.23. The monoisotopic (exact) mass is 425 g/mol. The lowest BCUT2D eigenvalue weighted by atomic mass is 10.2. The lowest BCUT2D eigenvalue weighted by Crippen LogP contribution is -2.37. The van der Waals surface area contributed by atoms with Crippen LogP contribution in [-0.4, -0.2) is 52.9 Å². The van der Waals surface area contributed by atoms with E-state index < -0.39 is 0 Å². The molecule has 29 heavy (non-hydrogen) atoms. The molecule has 0 atom stereocenters. The molecule has 2 heterocycles. The van der Waals surface area contributed by atoms with Crippen molar-refractivity contribution < 1.29 is 4.79 Å². The van der Waals surface area contributed by atoms with Crippen molar-refractivity contribution in [3.63, 3.8) is 0 Å². The average Bonchev–Trinajstić information content (AvgIpc) is 3.15. The Morgan fingerprint density at radius 3 is 2.59 bits per heavy atom. The predicted molar refractivity (Wildman–Crippen MR) is 119 cm³/mol. The summed E-state index contributed by atoms with van der Waals surface area (Å²) in [5.74, 6) is -0.215. The molecule has 4 aromatic rings. The van der Waals surface area contributed by atoms with Crippen molar-refractivity contribution in [2.24, 2.45) is 0 Å². The molecule has 8 heteroatoms. The number of likely N-dealkylation sites (N-methyl/N-ethyl adjacent to an activating group) is 1. The van der Waals surface area contributed by atoms with Crippen molar-refractivity contribution >= 4 is 55.2 Å². The Morgan fingerprint density at radius 1 is 1.07 bits per heavy atom. The van der Waals surface area contributed by atoms with Gasteiger partial charge in [0.2, 0.25) is 0 Å². The average molecular weight is 426 g/mol. The highest BCUT2D eigenvalue weighted by Crippen LogP contribution is 2.34. The molecule has 2 aromatic carbocycles. The third-order valence-corrected chi connectivity index (χ3v) is 6.10. The highest BCUT2D eigenvalue weighted by atomic mass is 35.5. The van der Waals surface area contributed by atoms with Gasteiger partial charge in [0.25, 0.3) is 5.91 Å². The number of para-hydroxylation sites is 2. The first kappa shape index (κ1) is 19.7. The number of hydrogen-bond acceptors (Lipinski definition) is 6. The number of carbonyl (C=O) groups excluding carboxylic acids is 1. The topological polar surface area (TPSA) is 62.2 Å². The first-order chi connectivity index (χ1) is 13.9. The molecule has 0 N–H and O–H groups in total. The molecule has 6 nitrogen and oxygen atoms in total. The van der Waals surface area contributed by atoms with Crippen molar-refractivity contribution in [1.29, 1.82) is 0 Å². The molecule has 0 unspecified atom stereocenters. The summed E-state index contributed by atoms with van der Waals surface area (Å²) in [6.07, 6.45) is 1.53. The van der Waals surface area contributed by atoms with Crippen molar-refractivity contribution in [2.75, 3.05) is 32.1 Å². The summed E-state index contributed by atoms with van der Waals surface area (Å²) >= 11 is 7.73. The number of fused-ring (bicyclic) bond motifs is 2. The summed E-state index contributed by atoms with van der Waals surface area (Å²) in [6, 6.07) is 11.3. The van der Waals surface area contributed by atoms with Gasteiger partial charge in [-0.15, -0.1) is 0 Å². The van der Waals surface area contributed by atoms with Gasteiger partial charge in [0.15, 0.2) is 5.13 Å². The molecule has 0 saturated heterocycles. The molecule has 0 aliphatic rings. The molecule has 0 saturated carbocycles. The maximum absolute atomic E-state index is 13.4. The Kier molecular flexibility index (Phi) is 5.45. The number of nitrogens with zero attached hydrogens (tertiary/aromatic N) is 5. The molecule has 0 radical (unpaired) electrons. The van der Waals surface area contributed by atoms with Crippen LogP contribution in [0.25, 0.3) is 21.3 Å². The van der Waals surface area contributed by atoms with Crippen LogP contribution in [-0.2, 0) is 0 Å². The van der Waals surface area contributed by atoms with Gasteiger partial charge in [-0.3, -0.25) is 14.7 Å². The van der Waals surface area contributed by atoms with Crippen molar-refractivity contribution in [2.45, 2.75) is 6.92 Å². The number of aromatic nitrogens is 3. The summed E-state index contributed by atoms with van der Waals surface area (Å²) in [4.78, 5) is 30.7. The summed E-state index contributed by atoms with van der Waals surface area (Å²) in [6.45, 7) is 3.13. The van der Waals surface area contributed by atoms with E-state index in [0.29, 0.717) is 34.5 Å². The Bertz CT molecular complexity index is 1210. The number of benzene rings is 2. The van der Waals surface area contributed by atoms with Crippen LogP contribution in [0.15, 0.2) is 42.6 Å². The molecular weight excluding hydrogens is 406 g/mol. The Labute approximate surface area is 177 Å². The molecule has 4 rings (SSSR count). The second-order valence-electron chi connectivity index (χ2n) is 7.02. The van der Waals surface area contributed by atoms with Gasteiger partial charge in [-0.1, -0.05) is 35.1 Å². The van der Waals surface area contributed by atoms with Crippen LogP contribution in [0.5, 0.6) is 0 Å². The number of anilines is 1. The van der Waals surface area contributed by atoms with E-state index in [1.807, 2.05) is 62.3 Å². The minimum atomic E-state index is -0.215. The standard InChI is InChI=1S/C21H20ClN5OS/c1-13-14(22)8-9-18-19(13)25-21(29-18)27(11-10-26(2)3)20(28)17-12-23-15-6-4-5-7-16(15)24-17/h4-9,12H,10-11H2,1-3H3. The number of hydrogen-bond donors (Lipinski definition) is 0. The summed E-state index contributed by atoms with van der Waals surface area (Å²) in [7, 11) is 3.95. The fourth-order valence-corrected chi connectivity index (χ4v) is 4.19.